The second kappa shape index (κ2) is 5.76. The van der Waals surface area contributed by atoms with E-state index in [2.05, 4.69) is 15.6 Å². The maximum absolute atomic E-state index is 11.9. The standard InChI is InChI=1S/C14H11N3O3S/c18-12(17-14-15-5-6-21-14)8-16-13(19)11-7-9-3-1-2-4-10(9)20-11/h1-7H,8H2,(H,16,19)(H,15,17,18). The molecule has 0 aliphatic rings. The van der Waals surface area contributed by atoms with Gasteiger partial charge in [-0.2, -0.15) is 0 Å². The molecule has 0 saturated carbocycles. The first-order chi connectivity index (χ1) is 10.2. The van der Waals surface area contributed by atoms with Gasteiger partial charge in [-0.1, -0.05) is 18.2 Å². The summed E-state index contributed by atoms with van der Waals surface area (Å²) in [6, 6.07) is 8.96. The molecule has 2 N–H and O–H groups in total. The molecule has 7 heteroatoms. The zero-order valence-corrected chi connectivity index (χ0v) is 11.6. The van der Waals surface area contributed by atoms with Crippen LogP contribution in [-0.2, 0) is 4.79 Å². The zero-order chi connectivity index (χ0) is 14.7. The van der Waals surface area contributed by atoms with Gasteiger partial charge in [0, 0.05) is 17.0 Å². The van der Waals surface area contributed by atoms with Crippen LogP contribution < -0.4 is 10.6 Å². The van der Waals surface area contributed by atoms with E-state index in [1.807, 2.05) is 18.2 Å². The van der Waals surface area contributed by atoms with Crippen molar-refractivity contribution in [2.45, 2.75) is 0 Å². The first kappa shape index (κ1) is 13.3. The quantitative estimate of drug-likeness (QED) is 0.774. The second-order valence-corrected chi connectivity index (χ2v) is 5.11. The Labute approximate surface area is 123 Å². The van der Waals surface area contributed by atoms with Crippen LogP contribution in [0, 0.1) is 0 Å². The van der Waals surface area contributed by atoms with Gasteiger partial charge in [-0.25, -0.2) is 4.98 Å². The molecular weight excluding hydrogens is 290 g/mol. The van der Waals surface area contributed by atoms with Gasteiger partial charge in [0.15, 0.2) is 10.9 Å². The van der Waals surface area contributed by atoms with Gasteiger partial charge in [0.05, 0.1) is 6.54 Å². The number of hydrogen-bond acceptors (Lipinski definition) is 5. The molecule has 0 aliphatic heterocycles. The minimum absolute atomic E-state index is 0.143. The van der Waals surface area contributed by atoms with Crippen molar-refractivity contribution in [1.29, 1.82) is 0 Å². The fourth-order valence-electron chi connectivity index (χ4n) is 1.79. The van der Waals surface area contributed by atoms with E-state index in [1.165, 1.54) is 11.3 Å². The summed E-state index contributed by atoms with van der Waals surface area (Å²) in [5.41, 5.74) is 0.634. The maximum Gasteiger partial charge on any atom is 0.287 e. The number of anilines is 1. The molecule has 3 rings (SSSR count). The van der Waals surface area contributed by atoms with Gasteiger partial charge in [0.1, 0.15) is 5.58 Å². The van der Waals surface area contributed by atoms with Crippen LogP contribution in [0.25, 0.3) is 11.0 Å². The summed E-state index contributed by atoms with van der Waals surface area (Å²) in [6.45, 7) is -0.143. The molecule has 106 valence electrons. The second-order valence-electron chi connectivity index (χ2n) is 4.22. The molecule has 0 saturated heterocycles. The highest BCUT2D eigenvalue weighted by molar-refractivity contribution is 7.13. The van der Waals surface area contributed by atoms with Crippen molar-refractivity contribution < 1.29 is 14.0 Å². The lowest BCUT2D eigenvalue weighted by atomic mass is 10.2. The number of furan rings is 1. The van der Waals surface area contributed by atoms with Crippen LogP contribution in [-0.4, -0.2) is 23.3 Å². The number of carbonyl (C=O) groups is 2. The fourth-order valence-corrected chi connectivity index (χ4v) is 2.34. The Morgan fingerprint density at radius 2 is 2.14 bits per heavy atom. The van der Waals surface area contributed by atoms with Crippen molar-refractivity contribution in [2.24, 2.45) is 0 Å². The average molecular weight is 301 g/mol. The summed E-state index contributed by atoms with van der Waals surface area (Å²) in [4.78, 5) is 27.5. The summed E-state index contributed by atoms with van der Waals surface area (Å²) in [6.07, 6.45) is 1.59. The molecule has 2 heterocycles. The predicted octanol–water partition coefficient (Wildman–Crippen LogP) is 2.26. The molecule has 6 nitrogen and oxygen atoms in total. The molecule has 0 fully saturated rings. The number of nitrogens with zero attached hydrogens (tertiary/aromatic N) is 1. The smallest absolute Gasteiger partial charge is 0.287 e. The van der Waals surface area contributed by atoms with Crippen LogP contribution in [0.2, 0.25) is 0 Å². The third kappa shape index (κ3) is 3.09. The first-order valence-electron chi connectivity index (χ1n) is 6.18. The largest absolute Gasteiger partial charge is 0.451 e. The summed E-state index contributed by atoms with van der Waals surface area (Å²) in [5.74, 6) is -0.590. The number of nitrogens with one attached hydrogen (secondary N) is 2. The highest BCUT2D eigenvalue weighted by Gasteiger charge is 2.13. The number of hydrogen-bond donors (Lipinski definition) is 2. The lowest BCUT2D eigenvalue weighted by Gasteiger charge is -2.02. The lowest BCUT2D eigenvalue weighted by molar-refractivity contribution is -0.115. The van der Waals surface area contributed by atoms with Crippen LogP contribution in [0.1, 0.15) is 10.6 Å². The van der Waals surface area contributed by atoms with E-state index in [1.54, 1.807) is 23.7 Å². The fraction of sp³-hybridized carbons (Fsp3) is 0.0714. The van der Waals surface area contributed by atoms with E-state index < -0.39 is 5.91 Å². The minimum Gasteiger partial charge on any atom is -0.451 e. The van der Waals surface area contributed by atoms with Gasteiger partial charge < -0.3 is 15.1 Å². The summed E-state index contributed by atoms with van der Waals surface area (Å²) in [7, 11) is 0. The molecule has 2 amide bonds. The Hall–Kier alpha value is -2.67. The molecule has 0 bridgehead atoms. The van der Waals surface area contributed by atoms with Crippen molar-refractivity contribution >= 4 is 39.3 Å². The molecule has 3 aromatic rings. The van der Waals surface area contributed by atoms with Gasteiger partial charge in [-0.15, -0.1) is 11.3 Å². The van der Waals surface area contributed by atoms with Crippen molar-refractivity contribution in [1.82, 2.24) is 10.3 Å². The molecule has 0 aliphatic carbocycles. The SMILES string of the molecule is O=C(CNC(=O)c1cc2ccccc2o1)Nc1nccs1. The number of aromatic nitrogens is 1. The number of para-hydroxylation sites is 1. The van der Waals surface area contributed by atoms with Crippen LogP contribution in [0.15, 0.2) is 46.3 Å². The Balaban J connectivity index is 1.59. The molecule has 0 radical (unpaired) electrons. The van der Waals surface area contributed by atoms with Crippen LogP contribution in [0.4, 0.5) is 5.13 Å². The van der Waals surface area contributed by atoms with Crippen LogP contribution in [0.5, 0.6) is 0 Å². The van der Waals surface area contributed by atoms with Crippen molar-refractivity contribution in [3.63, 3.8) is 0 Å². The van der Waals surface area contributed by atoms with Gasteiger partial charge in [-0.3, -0.25) is 9.59 Å². The van der Waals surface area contributed by atoms with E-state index in [0.717, 1.165) is 5.39 Å². The third-order valence-corrected chi connectivity index (χ3v) is 3.43. The Bertz CT molecular complexity index is 747. The van der Waals surface area contributed by atoms with E-state index in [0.29, 0.717) is 10.7 Å². The molecule has 1 aromatic carbocycles. The molecule has 2 aromatic heterocycles. The van der Waals surface area contributed by atoms with Crippen molar-refractivity contribution in [3.05, 3.63) is 47.7 Å². The maximum atomic E-state index is 11.9. The number of fused-ring (bicyclic) bond motifs is 1. The highest BCUT2D eigenvalue weighted by atomic mass is 32.1. The monoisotopic (exact) mass is 301 g/mol. The number of thiazole rings is 1. The summed E-state index contributed by atoms with van der Waals surface area (Å²) in [5, 5.41) is 8.18. The Morgan fingerprint density at radius 1 is 1.29 bits per heavy atom. The van der Waals surface area contributed by atoms with E-state index >= 15 is 0 Å². The molecule has 21 heavy (non-hydrogen) atoms. The van der Waals surface area contributed by atoms with E-state index in [4.69, 9.17) is 4.42 Å². The summed E-state index contributed by atoms with van der Waals surface area (Å²) < 4.78 is 5.41. The van der Waals surface area contributed by atoms with Crippen LogP contribution >= 0.6 is 11.3 Å². The normalized spacial score (nSPS) is 10.5. The molecule has 0 unspecified atom stereocenters. The van der Waals surface area contributed by atoms with Crippen LogP contribution in [0.3, 0.4) is 0 Å². The number of carbonyl (C=O) groups excluding carboxylic acids is 2. The number of amides is 2. The van der Waals surface area contributed by atoms with Crippen molar-refractivity contribution in [3.8, 4) is 0 Å². The molecular formula is C14H11N3O3S. The van der Waals surface area contributed by atoms with E-state index in [-0.39, 0.29) is 18.2 Å². The number of rotatable bonds is 4. The number of benzene rings is 1. The van der Waals surface area contributed by atoms with Crippen molar-refractivity contribution in [2.75, 3.05) is 11.9 Å². The topological polar surface area (TPSA) is 84.2 Å². The molecule has 0 spiro atoms. The zero-order valence-electron chi connectivity index (χ0n) is 10.8. The lowest BCUT2D eigenvalue weighted by Crippen LogP contribution is -2.32. The first-order valence-corrected chi connectivity index (χ1v) is 7.06. The minimum atomic E-state index is -0.430. The van der Waals surface area contributed by atoms with Gasteiger partial charge >= 0.3 is 0 Å². The summed E-state index contributed by atoms with van der Waals surface area (Å²) >= 11 is 1.31. The predicted molar refractivity (Wildman–Crippen MR) is 79.3 cm³/mol. The Morgan fingerprint density at radius 3 is 2.90 bits per heavy atom. The average Bonchev–Trinajstić information content (AvgIpc) is 3.13. The van der Waals surface area contributed by atoms with Gasteiger partial charge in [0.2, 0.25) is 5.91 Å². The third-order valence-electron chi connectivity index (χ3n) is 2.74. The van der Waals surface area contributed by atoms with Gasteiger partial charge in [0.25, 0.3) is 5.91 Å². The van der Waals surface area contributed by atoms with E-state index in [9.17, 15) is 9.59 Å². The molecule has 0 atom stereocenters. The highest BCUT2D eigenvalue weighted by Crippen LogP contribution is 2.18. The van der Waals surface area contributed by atoms with Gasteiger partial charge in [-0.05, 0) is 12.1 Å². The Kier molecular flexibility index (Phi) is 3.65.